The molecule has 1 aliphatic heterocycles. The molecule has 0 aliphatic carbocycles. The first kappa shape index (κ1) is 15.5. The standard InChI is InChI=1S/C16H23N3O2/c17-14(16(21)19-11-5-2-6-12-19)9-10-18-15(20)13-7-3-1-4-8-13/h1,3-4,7-8,14H,2,5-6,9-12,17H2,(H,18,20)/t14-/m0/s1. The highest BCUT2D eigenvalue weighted by molar-refractivity contribution is 5.94. The lowest BCUT2D eigenvalue weighted by Crippen LogP contribution is -2.47. The monoisotopic (exact) mass is 289 g/mol. The van der Waals surface area contributed by atoms with E-state index >= 15 is 0 Å². The van der Waals surface area contributed by atoms with Gasteiger partial charge in [0.15, 0.2) is 0 Å². The van der Waals surface area contributed by atoms with E-state index in [2.05, 4.69) is 5.32 Å². The van der Waals surface area contributed by atoms with Gasteiger partial charge in [-0.3, -0.25) is 9.59 Å². The molecule has 2 rings (SSSR count). The van der Waals surface area contributed by atoms with Gasteiger partial charge in [-0.25, -0.2) is 0 Å². The van der Waals surface area contributed by atoms with E-state index in [4.69, 9.17) is 5.73 Å². The van der Waals surface area contributed by atoms with Crippen LogP contribution in [0.25, 0.3) is 0 Å². The maximum absolute atomic E-state index is 12.1. The average molecular weight is 289 g/mol. The number of amides is 2. The summed E-state index contributed by atoms with van der Waals surface area (Å²) in [7, 11) is 0. The first-order valence-corrected chi connectivity index (χ1v) is 7.56. The highest BCUT2D eigenvalue weighted by Gasteiger charge is 2.22. The lowest BCUT2D eigenvalue weighted by molar-refractivity contribution is -0.133. The van der Waals surface area contributed by atoms with Crippen LogP contribution in [0.1, 0.15) is 36.0 Å². The number of nitrogens with zero attached hydrogens (tertiary/aromatic N) is 1. The maximum atomic E-state index is 12.1. The smallest absolute Gasteiger partial charge is 0.251 e. The molecule has 5 heteroatoms. The van der Waals surface area contributed by atoms with Crippen molar-refractivity contribution in [2.45, 2.75) is 31.7 Å². The number of hydrogen-bond donors (Lipinski definition) is 2. The van der Waals surface area contributed by atoms with Gasteiger partial charge in [0.05, 0.1) is 6.04 Å². The number of likely N-dealkylation sites (tertiary alicyclic amines) is 1. The number of nitrogens with one attached hydrogen (secondary N) is 1. The molecular formula is C16H23N3O2. The summed E-state index contributed by atoms with van der Waals surface area (Å²) in [6, 6.07) is 8.49. The van der Waals surface area contributed by atoms with Crippen LogP contribution in [0.2, 0.25) is 0 Å². The molecule has 1 aliphatic rings. The largest absolute Gasteiger partial charge is 0.352 e. The van der Waals surface area contributed by atoms with Crippen molar-refractivity contribution in [2.75, 3.05) is 19.6 Å². The van der Waals surface area contributed by atoms with Crippen LogP contribution in [-0.4, -0.2) is 42.4 Å². The van der Waals surface area contributed by atoms with Gasteiger partial charge < -0.3 is 16.0 Å². The number of carbonyl (C=O) groups is 2. The van der Waals surface area contributed by atoms with Crippen LogP contribution in [0, 0.1) is 0 Å². The van der Waals surface area contributed by atoms with Gasteiger partial charge in [0.25, 0.3) is 5.91 Å². The summed E-state index contributed by atoms with van der Waals surface area (Å²) in [6.07, 6.45) is 3.77. The van der Waals surface area contributed by atoms with E-state index in [9.17, 15) is 9.59 Å². The molecule has 0 bridgehead atoms. The summed E-state index contributed by atoms with van der Waals surface area (Å²) in [5.41, 5.74) is 6.55. The number of benzene rings is 1. The first-order valence-electron chi connectivity index (χ1n) is 7.56. The molecule has 1 fully saturated rings. The highest BCUT2D eigenvalue weighted by atomic mass is 16.2. The van der Waals surface area contributed by atoms with Crippen molar-refractivity contribution in [1.82, 2.24) is 10.2 Å². The normalized spacial score (nSPS) is 16.3. The summed E-state index contributed by atoms with van der Waals surface area (Å²) in [6.45, 7) is 2.03. The molecular weight excluding hydrogens is 266 g/mol. The predicted molar refractivity (Wildman–Crippen MR) is 81.8 cm³/mol. The zero-order chi connectivity index (χ0) is 15.1. The van der Waals surface area contributed by atoms with Crippen molar-refractivity contribution in [3.63, 3.8) is 0 Å². The van der Waals surface area contributed by atoms with Crippen molar-refractivity contribution >= 4 is 11.8 Å². The molecule has 21 heavy (non-hydrogen) atoms. The van der Waals surface area contributed by atoms with Crippen molar-refractivity contribution in [2.24, 2.45) is 5.73 Å². The van der Waals surface area contributed by atoms with Crippen LogP contribution in [0.3, 0.4) is 0 Å². The number of piperidine rings is 1. The Kier molecular flexibility index (Phi) is 5.75. The zero-order valence-corrected chi connectivity index (χ0v) is 12.3. The van der Waals surface area contributed by atoms with E-state index in [0.717, 1.165) is 25.9 Å². The van der Waals surface area contributed by atoms with Gasteiger partial charge in [0.2, 0.25) is 5.91 Å². The topological polar surface area (TPSA) is 75.4 Å². The third-order valence-corrected chi connectivity index (χ3v) is 3.76. The molecule has 5 nitrogen and oxygen atoms in total. The van der Waals surface area contributed by atoms with Crippen LogP contribution in [0.4, 0.5) is 0 Å². The van der Waals surface area contributed by atoms with Gasteiger partial charge >= 0.3 is 0 Å². The molecule has 1 saturated heterocycles. The van der Waals surface area contributed by atoms with Gasteiger partial charge in [0, 0.05) is 25.2 Å². The van der Waals surface area contributed by atoms with Gasteiger partial charge in [0.1, 0.15) is 0 Å². The summed E-state index contributed by atoms with van der Waals surface area (Å²) < 4.78 is 0. The SMILES string of the molecule is N[C@@H](CCNC(=O)c1ccccc1)C(=O)N1CCCCC1. The summed E-state index contributed by atoms with van der Waals surface area (Å²) in [5, 5.41) is 2.80. The number of hydrogen-bond acceptors (Lipinski definition) is 3. The van der Waals surface area contributed by atoms with Crippen molar-refractivity contribution in [1.29, 1.82) is 0 Å². The van der Waals surface area contributed by atoms with E-state index in [1.54, 1.807) is 12.1 Å². The maximum Gasteiger partial charge on any atom is 0.251 e. The second-order valence-electron chi connectivity index (χ2n) is 5.40. The van der Waals surface area contributed by atoms with Crippen LogP contribution in [-0.2, 0) is 4.79 Å². The van der Waals surface area contributed by atoms with E-state index in [0.29, 0.717) is 18.5 Å². The number of carbonyl (C=O) groups excluding carboxylic acids is 2. The van der Waals surface area contributed by atoms with Gasteiger partial charge in [-0.05, 0) is 37.8 Å². The molecule has 0 radical (unpaired) electrons. The van der Waals surface area contributed by atoms with Gasteiger partial charge in [-0.1, -0.05) is 18.2 Å². The summed E-state index contributed by atoms with van der Waals surface area (Å²) in [4.78, 5) is 25.8. The second kappa shape index (κ2) is 7.78. The Labute approximate surface area is 125 Å². The fourth-order valence-corrected chi connectivity index (χ4v) is 2.51. The summed E-state index contributed by atoms with van der Waals surface area (Å²) >= 11 is 0. The molecule has 114 valence electrons. The predicted octanol–water partition coefficient (Wildman–Crippen LogP) is 1.15. The number of rotatable bonds is 5. The minimum Gasteiger partial charge on any atom is -0.352 e. The van der Waals surface area contributed by atoms with Crippen molar-refractivity contribution in [3.8, 4) is 0 Å². The third-order valence-electron chi connectivity index (χ3n) is 3.76. The van der Waals surface area contributed by atoms with Crippen LogP contribution in [0.15, 0.2) is 30.3 Å². The lowest BCUT2D eigenvalue weighted by Gasteiger charge is -2.29. The van der Waals surface area contributed by atoms with Crippen molar-refractivity contribution in [3.05, 3.63) is 35.9 Å². The van der Waals surface area contributed by atoms with Gasteiger partial charge in [-0.15, -0.1) is 0 Å². The Morgan fingerprint density at radius 1 is 1.14 bits per heavy atom. The Balaban J connectivity index is 1.72. The second-order valence-corrected chi connectivity index (χ2v) is 5.40. The Bertz CT molecular complexity index is 470. The van der Waals surface area contributed by atoms with E-state index in [1.807, 2.05) is 23.1 Å². The lowest BCUT2D eigenvalue weighted by atomic mass is 10.1. The van der Waals surface area contributed by atoms with Crippen LogP contribution >= 0.6 is 0 Å². The highest BCUT2D eigenvalue weighted by Crippen LogP contribution is 2.10. The minimum atomic E-state index is -0.529. The number of nitrogens with two attached hydrogens (primary N) is 1. The first-order chi connectivity index (χ1) is 10.2. The minimum absolute atomic E-state index is 0.00339. The average Bonchev–Trinajstić information content (AvgIpc) is 2.55. The molecule has 1 aromatic carbocycles. The van der Waals surface area contributed by atoms with E-state index in [-0.39, 0.29) is 11.8 Å². The molecule has 2 amide bonds. The molecule has 0 aromatic heterocycles. The van der Waals surface area contributed by atoms with E-state index < -0.39 is 6.04 Å². The van der Waals surface area contributed by atoms with E-state index in [1.165, 1.54) is 6.42 Å². The van der Waals surface area contributed by atoms with Gasteiger partial charge in [-0.2, -0.15) is 0 Å². The molecule has 1 aromatic rings. The third kappa shape index (κ3) is 4.56. The zero-order valence-electron chi connectivity index (χ0n) is 12.3. The summed E-state index contributed by atoms with van der Waals surface area (Å²) in [5.74, 6) is -0.128. The molecule has 0 saturated carbocycles. The molecule has 0 unspecified atom stereocenters. The molecule has 1 atom stereocenters. The van der Waals surface area contributed by atoms with Crippen LogP contribution < -0.4 is 11.1 Å². The molecule has 0 spiro atoms. The Morgan fingerprint density at radius 2 is 1.81 bits per heavy atom. The molecule has 1 heterocycles. The fourth-order valence-electron chi connectivity index (χ4n) is 2.51. The Morgan fingerprint density at radius 3 is 2.48 bits per heavy atom. The van der Waals surface area contributed by atoms with Crippen molar-refractivity contribution < 1.29 is 9.59 Å². The molecule has 3 N–H and O–H groups in total. The fraction of sp³-hybridized carbons (Fsp3) is 0.500. The Hall–Kier alpha value is -1.88. The quantitative estimate of drug-likeness (QED) is 0.853. The van der Waals surface area contributed by atoms with Crippen LogP contribution in [0.5, 0.6) is 0 Å².